The van der Waals surface area contributed by atoms with Crippen LogP contribution in [0.1, 0.15) is 17.9 Å². The first-order chi connectivity index (χ1) is 10.7. The number of rotatable bonds is 4. The minimum Gasteiger partial charge on any atom is -0.495 e. The van der Waals surface area contributed by atoms with Gasteiger partial charge in [0, 0.05) is 5.92 Å². The highest BCUT2D eigenvalue weighted by Crippen LogP contribution is 2.44. The van der Waals surface area contributed by atoms with Gasteiger partial charge in [-0.1, -0.05) is 30.3 Å². The molecule has 4 nitrogen and oxygen atoms in total. The number of para-hydroxylation sites is 2. The second-order valence-electron chi connectivity index (χ2n) is 5.27. The Labute approximate surface area is 128 Å². The fraction of sp³-hybridized carbons (Fsp3) is 0.235. The van der Waals surface area contributed by atoms with E-state index in [1.165, 1.54) is 6.07 Å². The summed E-state index contributed by atoms with van der Waals surface area (Å²) in [6, 6.07) is 14.3. The summed E-state index contributed by atoms with van der Waals surface area (Å²) < 4.78 is 19.0. The molecule has 0 amide bonds. The van der Waals surface area contributed by atoms with Crippen molar-refractivity contribution in [2.45, 2.75) is 18.4 Å². The number of halogens is 1. The Kier molecular flexibility index (Phi) is 3.96. The molecule has 1 aliphatic rings. The largest absolute Gasteiger partial charge is 0.495 e. The van der Waals surface area contributed by atoms with Gasteiger partial charge in [-0.15, -0.1) is 0 Å². The molecule has 0 saturated heterocycles. The van der Waals surface area contributed by atoms with Crippen LogP contribution in [0.2, 0.25) is 0 Å². The van der Waals surface area contributed by atoms with Gasteiger partial charge in [0.2, 0.25) is 0 Å². The molecule has 2 aromatic carbocycles. The van der Waals surface area contributed by atoms with Crippen molar-refractivity contribution in [1.29, 1.82) is 0 Å². The maximum Gasteiger partial charge on any atom is 0.193 e. The molecule has 3 N–H and O–H groups in total. The van der Waals surface area contributed by atoms with Gasteiger partial charge in [0.15, 0.2) is 5.96 Å². The standard InChI is InChI=1S/C17H18FN3O/c1-22-16-9-5-4-8-14(16)20-17(19)21-15-10-12(15)11-6-2-3-7-13(11)18/h2-9,12,15H,10H2,1H3,(H3,19,20,21). The number of aliphatic imine (C=N–C) groups is 1. The summed E-state index contributed by atoms with van der Waals surface area (Å²) >= 11 is 0. The molecule has 0 aromatic heterocycles. The van der Waals surface area contributed by atoms with Gasteiger partial charge in [-0.3, -0.25) is 0 Å². The van der Waals surface area contributed by atoms with Crippen LogP contribution in [-0.2, 0) is 0 Å². The van der Waals surface area contributed by atoms with Crippen LogP contribution >= 0.6 is 0 Å². The Hall–Kier alpha value is -2.56. The Morgan fingerprint density at radius 2 is 1.95 bits per heavy atom. The van der Waals surface area contributed by atoms with Gasteiger partial charge in [-0.2, -0.15) is 0 Å². The Balaban J connectivity index is 1.68. The molecule has 114 valence electrons. The molecule has 1 fully saturated rings. The van der Waals surface area contributed by atoms with E-state index in [-0.39, 0.29) is 17.8 Å². The van der Waals surface area contributed by atoms with E-state index >= 15 is 0 Å². The Bertz CT molecular complexity index is 702. The molecule has 1 aliphatic carbocycles. The first-order valence-corrected chi connectivity index (χ1v) is 7.17. The predicted octanol–water partition coefficient (Wildman–Crippen LogP) is 3.12. The second kappa shape index (κ2) is 6.05. The summed E-state index contributed by atoms with van der Waals surface area (Å²) in [4.78, 5) is 4.42. The molecule has 0 spiro atoms. The molecule has 0 bridgehead atoms. The van der Waals surface area contributed by atoms with Crippen molar-refractivity contribution in [3.05, 3.63) is 59.9 Å². The van der Waals surface area contributed by atoms with Gasteiger partial charge in [0.1, 0.15) is 11.6 Å². The van der Waals surface area contributed by atoms with Gasteiger partial charge in [0.25, 0.3) is 0 Å². The predicted molar refractivity (Wildman–Crippen MR) is 85.8 cm³/mol. The first-order valence-electron chi connectivity index (χ1n) is 7.17. The summed E-state index contributed by atoms with van der Waals surface area (Å²) in [5, 5.41) is 3.03. The number of hydrogen-bond acceptors (Lipinski definition) is 2. The number of nitrogens with one attached hydrogen (secondary N) is 1. The van der Waals surface area contributed by atoms with E-state index in [0.717, 1.165) is 12.1 Å². The second-order valence-corrected chi connectivity index (χ2v) is 5.27. The number of hydrogen-bond donors (Lipinski definition) is 2. The van der Waals surface area contributed by atoms with Crippen LogP contribution in [0, 0.1) is 5.82 Å². The lowest BCUT2D eigenvalue weighted by Gasteiger charge is -2.10. The van der Waals surface area contributed by atoms with Gasteiger partial charge in [-0.05, 0) is 30.2 Å². The number of anilines is 1. The Morgan fingerprint density at radius 3 is 2.73 bits per heavy atom. The number of ether oxygens (including phenoxy) is 1. The zero-order chi connectivity index (χ0) is 15.5. The van der Waals surface area contributed by atoms with Crippen LogP contribution in [0.3, 0.4) is 0 Å². The summed E-state index contributed by atoms with van der Waals surface area (Å²) in [6.45, 7) is 0. The average Bonchev–Trinajstić information content (AvgIpc) is 3.27. The lowest BCUT2D eigenvalue weighted by atomic mass is 10.1. The summed E-state index contributed by atoms with van der Waals surface area (Å²) in [6.07, 6.45) is 0.815. The highest BCUT2D eigenvalue weighted by Gasteiger charge is 2.40. The number of nitrogens with zero attached hydrogens (tertiary/aromatic N) is 1. The molecule has 2 unspecified atom stereocenters. The van der Waals surface area contributed by atoms with E-state index in [9.17, 15) is 4.39 Å². The summed E-state index contributed by atoms with van der Waals surface area (Å²) in [5.74, 6) is 0.941. The molecule has 0 heterocycles. The molecule has 2 atom stereocenters. The van der Waals surface area contributed by atoms with Gasteiger partial charge in [0.05, 0.1) is 18.8 Å². The maximum atomic E-state index is 13.7. The number of nitrogens with two attached hydrogens (primary N) is 1. The van der Waals surface area contributed by atoms with Gasteiger partial charge < -0.3 is 15.8 Å². The lowest BCUT2D eigenvalue weighted by Crippen LogP contribution is -2.23. The molecule has 22 heavy (non-hydrogen) atoms. The van der Waals surface area contributed by atoms with Crippen molar-refractivity contribution in [3.63, 3.8) is 0 Å². The highest BCUT2D eigenvalue weighted by molar-refractivity contribution is 5.94. The van der Waals surface area contributed by atoms with E-state index in [2.05, 4.69) is 10.3 Å². The van der Waals surface area contributed by atoms with Crippen molar-refractivity contribution in [2.75, 3.05) is 12.4 Å². The zero-order valence-electron chi connectivity index (χ0n) is 12.3. The first kappa shape index (κ1) is 14.4. The van der Waals surface area contributed by atoms with Crippen molar-refractivity contribution in [1.82, 2.24) is 0 Å². The third kappa shape index (κ3) is 3.03. The SMILES string of the molecule is COc1ccccc1NC(N)=NC1CC1c1ccccc1F. The van der Waals surface area contributed by atoms with E-state index in [4.69, 9.17) is 10.5 Å². The number of methoxy groups -OCH3 is 1. The minimum atomic E-state index is -0.179. The lowest BCUT2D eigenvalue weighted by molar-refractivity contribution is 0.417. The third-order valence-electron chi connectivity index (χ3n) is 3.74. The zero-order valence-corrected chi connectivity index (χ0v) is 12.3. The smallest absolute Gasteiger partial charge is 0.193 e. The van der Waals surface area contributed by atoms with Crippen molar-refractivity contribution < 1.29 is 9.13 Å². The van der Waals surface area contributed by atoms with Gasteiger partial charge in [-0.25, -0.2) is 9.38 Å². The molecular weight excluding hydrogens is 281 g/mol. The molecule has 2 aromatic rings. The maximum absolute atomic E-state index is 13.7. The monoisotopic (exact) mass is 299 g/mol. The van der Waals surface area contributed by atoms with Crippen LogP contribution < -0.4 is 15.8 Å². The van der Waals surface area contributed by atoms with Crippen LogP contribution in [0.5, 0.6) is 5.75 Å². The normalized spacial score (nSPS) is 20.5. The molecule has 0 aliphatic heterocycles. The molecule has 3 rings (SSSR count). The van der Waals surface area contributed by atoms with E-state index in [1.807, 2.05) is 30.3 Å². The minimum absolute atomic E-state index is 0.0270. The molecular formula is C17H18FN3O. The van der Waals surface area contributed by atoms with Crippen molar-refractivity contribution in [3.8, 4) is 5.75 Å². The third-order valence-corrected chi connectivity index (χ3v) is 3.74. The highest BCUT2D eigenvalue weighted by atomic mass is 19.1. The van der Waals surface area contributed by atoms with E-state index in [0.29, 0.717) is 17.3 Å². The summed E-state index contributed by atoms with van der Waals surface area (Å²) in [7, 11) is 1.60. The average molecular weight is 299 g/mol. The van der Waals surface area contributed by atoms with Crippen molar-refractivity contribution in [2.24, 2.45) is 10.7 Å². The van der Waals surface area contributed by atoms with Crippen LogP contribution in [-0.4, -0.2) is 19.1 Å². The number of guanidine groups is 1. The number of benzene rings is 2. The van der Waals surface area contributed by atoms with E-state index < -0.39 is 0 Å². The van der Waals surface area contributed by atoms with Crippen molar-refractivity contribution >= 4 is 11.6 Å². The van der Waals surface area contributed by atoms with E-state index in [1.54, 1.807) is 19.2 Å². The van der Waals surface area contributed by atoms with Crippen LogP contribution in [0.15, 0.2) is 53.5 Å². The van der Waals surface area contributed by atoms with Crippen LogP contribution in [0.4, 0.5) is 10.1 Å². The molecule has 1 saturated carbocycles. The van der Waals surface area contributed by atoms with Gasteiger partial charge >= 0.3 is 0 Å². The molecule has 0 radical (unpaired) electrons. The molecule has 5 heteroatoms. The Morgan fingerprint density at radius 1 is 1.23 bits per heavy atom. The topological polar surface area (TPSA) is 59.6 Å². The quantitative estimate of drug-likeness (QED) is 0.673. The summed E-state index contributed by atoms with van der Waals surface area (Å²) in [5.41, 5.74) is 7.41. The fourth-order valence-electron chi connectivity index (χ4n) is 2.53. The van der Waals surface area contributed by atoms with Crippen LogP contribution in [0.25, 0.3) is 0 Å². The fourth-order valence-corrected chi connectivity index (χ4v) is 2.53.